The molecule has 1 amide bonds. The lowest BCUT2D eigenvalue weighted by Gasteiger charge is -2.09. The third-order valence-corrected chi connectivity index (χ3v) is 3.24. The molecular formula is C17H16F3NO. The average Bonchev–Trinajstić information content (AvgIpc) is 2.46. The fourth-order valence-electron chi connectivity index (χ4n) is 2.12. The summed E-state index contributed by atoms with van der Waals surface area (Å²) in [6.07, 6.45) is -3.65. The maximum atomic E-state index is 12.6. The van der Waals surface area contributed by atoms with Crippen molar-refractivity contribution in [3.63, 3.8) is 0 Å². The van der Waals surface area contributed by atoms with Crippen LogP contribution in [0.1, 0.15) is 23.6 Å². The lowest BCUT2D eigenvalue weighted by molar-refractivity contribution is -0.137. The van der Waals surface area contributed by atoms with Gasteiger partial charge in [0.15, 0.2) is 0 Å². The third-order valence-electron chi connectivity index (χ3n) is 3.24. The summed E-state index contributed by atoms with van der Waals surface area (Å²) in [7, 11) is 0. The fourth-order valence-corrected chi connectivity index (χ4v) is 2.12. The Labute approximate surface area is 127 Å². The first-order valence-electron chi connectivity index (χ1n) is 6.93. The van der Waals surface area contributed by atoms with Crippen LogP contribution >= 0.6 is 0 Å². The van der Waals surface area contributed by atoms with Gasteiger partial charge in [-0.05, 0) is 35.7 Å². The Kier molecular flexibility index (Phi) is 4.85. The molecule has 0 bridgehead atoms. The second-order valence-corrected chi connectivity index (χ2v) is 4.98. The number of rotatable bonds is 4. The van der Waals surface area contributed by atoms with Crippen LogP contribution in [0.3, 0.4) is 0 Å². The lowest BCUT2D eigenvalue weighted by atomic mass is 10.1. The van der Waals surface area contributed by atoms with Gasteiger partial charge in [0, 0.05) is 5.69 Å². The summed E-state index contributed by atoms with van der Waals surface area (Å²) in [5.74, 6) is -0.340. The van der Waals surface area contributed by atoms with E-state index in [4.69, 9.17) is 0 Å². The van der Waals surface area contributed by atoms with E-state index in [1.807, 2.05) is 25.1 Å². The van der Waals surface area contributed by atoms with Crippen molar-refractivity contribution in [1.82, 2.24) is 0 Å². The zero-order valence-corrected chi connectivity index (χ0v) is 12.1. The molecule has 0 fully saturated rings. The van der Waals surface area contributed by atoms with E-state index in [0.29, 0.717) is 11.3 Å². The molecule has 0 heterocycles. The van der Waals surface area contributed by atoms with Gasteiger partial charge in [0.1, 0.15) is 0 Å². The Balaban J connectivity index is 2.06. The molecule has 0 unspecified atom stereocenters. The molecule has 2 nitrogen and oxygen atoms in total. The Hall–Kier alpha value is -2.30. The van der Waals surface area contributed by atoms with E-state index < -0.39 is 11.7 Å². The second-order valence-electron chi connectivity index (χ2n) is 4.98. The number of hydrogen-bond donors (Lipinski definition) is 1. The van der Waals surface area contributed by atoms with Crippen LogP contribution in [-0.2, 0) is 23.8 Å². The summed E-state index contributed by atoms with van der Waals surface area (Å²) >= 11 is 0. The van der Waals surface area contributed by atoms with Crippen LogP contribution in [0.2, 0.25) is 0 Å². The number of carbonyl (C=O) groups is 1. The van der Waals surface area contributed by atoms with E-state index in [9.17, 15) is 18.0 Å². The summed E-state index contributed by atoms with van der Waals surface area (Å²) in [6.45, 7) is 2.00. The van der Waals surface area contributed by atoms with E-state index >= 15 is 0 Å². The first kappa shape index (κ1) is 16.1. The van der Waals surface area contributed by atoms with Crippen molar-refractivity contribution in [3.8, 4) is 0 Å². The number of halogens is 3. The Bertz CT molecular complexity index is 665. The van der Waals surface area contributed by atoms with Crippen LogP contribution in [0.15, 0.2) is 48.5 Å². The maximum Gasteiger partial charge on any atom is 0.416 e. The van der Waals surface area contributed by atoms with Crippen LogP contribution in [0.25, 0.3) is 0 Å². The number of anilines is 1. The standard InChI is InChI=1S/C17H16F3NO/c1-2-12-5-4-8-15(10-12)21-16(22)11-13-6-3-7-14(9-13)17(18,19)20/h3-10H,2,11H2,1H3,(H,21,22). The van der Waals surface area contributed by atoms with Gasteiger partial charge in [-0.1, -0.05) is 37.3 Å². The minimum Gasteiger partial charge on any atom is -0.326 e. The zero-order chi connectivity index (χ0) is 16.2. The predicted molar refractivity (Wildman–Crippen MR) is 79.6 cm³/mol. The molecule has 0 saturated carbocycles. The van der Waals surface area contributed by atoms with E-state index in [1.54, 1.807) is 6.07 Å². The van der Waals surface area contributed by atoms with Gasteiger partial charge in [-0.15, -0.1) is 0 Å². The number of alkyl halides is 3. The molecular weight excluding hydrogens is 291 g/mol. The van der Waals surface area contributed by atoms with E-state index in [1.165, 1.54) is 12.1 Å². The van der Waals surface area contributed by atoms with E-state index in [0.717, 1.165) is 24.1 Å². The number of nitrogens with one attached hydrogen (secondary N) is 1. The quantitative estimate of drug-likeness (QED) is 0.888. The molecule has 5 heteroatoms. The minimum absolute atomic E-state index is 0.0970. The first-order chi connectivity index (χ1) is 10.4. The number of aryl methyl sites for hydroxylation is 1. The number of benzene rings is 2. The van der Waals surface area contributed by atoms with Crippen molar-refractivity contribution in [1.29, 1.82) is 0 Å². The monoisotopic (exact) mass is 307 g/mol. The summed E-state index contributed by atoms with van der Waals surface area (Å²) in [5.41, 5.74) is 1.32. The molecule has 0 radical (unpaired) electrons. The molecule has 0 saturated heterocycles. The molecule has 0 atom stereocenters. The van der Waals surface area contributed by atoms with Crippen molar-refractivity contribution in [2.24, 2.45) is 0 Å². The van der Waals surface area contributed by atoms with Gasteiger partial charge in [0.25, 0.3) is 0 Å². The molecule has 2 rings (SSSR count). The second kappa shape index (κ2) is 6.64. The van der Waals surface area contributed by atoms with Crippen LogP contribution in [0.5, 0.6) is 0 Å². The summed E-state index contributed by atoms with van der Waals surface area (Å²) in [5, 5.41) is 2.70. The third kappa shape index (κ3) is 4.35. The van der Waals surface area contributed by atoms with Gasteiger partial charge >= 0.3 is 6.18 Å². The lowest BCUT2D eigenvalue weighted by Crippen LogP contribution is -2.15. The van der Waals surface area contributed by atoms with Crippen molar-refractivity contribution in [2.45, 2.75) is 25.9 Å². The predicted octanol–water partition coefficient (Wildman–Crippen LogP) is 4.45. The Morgan fingerprint density at radius 2 is 1.73 bits per heavy atom. The first-order valence-corrected chi connectivity index (χ1v) is 6.93. The van der Waals surface area contributed by atoms with Gasteiger partial charge in [0.2, 0.25) is 5.91 Å². The normalized spacial score (nSPS) is 11.3. The highest BCUT2D eigenvalue weighted by Gasteiger charge is 2.30. The smallest absolute Gasteiger partial charge is 0.326 e. The van der Waals surface area contributed by atoms with Crippen molar-refractivity contribution < 1.29 is 18.0 Å². The van der Waals surface area contributed by atoms with Crippen LogP contribution in [0, 0.1) is 0 Å². The highest BCUT2D eigenvalue weighted by molar-refractivity contribution is 5.92. The Morgan fingerprint density at radius 3 is 2.41 bits per heavy atom. The molecule has 0 aromatic heterocycles. The van der Waals surface area contributed by atoms with Crippen molar-refractivity contribution in [3.05, 3.63) is 65.2 Å². The average molecular weight is 307 g/mol. The molecule has 116 valence electrons. The largest absolute Gasteiger partial charge is 0.416 e. The van der Waals surface area contributed by atoms with Gasteiger partial charge < -0.3 is 5.32 Å². The van der Waals surface area contributed by atoms with Gasteiger partial charge in [-0.25, -0.2) is 0 Å². The van der Waals surface area contributed by atoms with Crippen molar-refractivity contribution >= 4 is 11.6 Å². The SMILES string of the molecule is CCc1cccc(NC(=O)Cc2cccc(C(F)(F)F)c2)c1. The van der Waals surface area contributed by atoms with Gasteiger partial charge in [-0.3, -0.25) is 4.79 Å². The van der Waals surface area contributed by atoms with Crippen LogP contribution in [0.4, 0.5) is 18.9 Å². The number of hydrogen-bond acceptors (Lipinski definition) is 1. The van der Waals surface area contributed by atoms with E-state index in [-0.39, 0.29) is 12.3 Å². The zero-order valence-electron chi connectivity index (χ0n) is 12.1. The molecule has 0 spiro atoms. The summed E-state index contributed by atoms with van der Waals surface area (Å²) in [6, 6.07) is 12.2. The molecule has 1 N–H and O–H groups in total. The summed E-state index contributed by atoms with van der Waals surface area (Å²) in [4.78, 5) is 12.0. The van der Waals surface area contributed by atoms with Crippen molar-refractivity contribution in [2.75, 3.05) is 5.32 Å². The van der Waals surface area contributed by atoms with E-state index in [2.05, 4.69) is 5.32 Å². The summed E-state index contributed by atoms with van der Waals surface area (Å²) < 4.78 is 37.9. The molecule has 2 aromatic rings. The van der Waals surface area contributed by atoms with Gasteiger partial charge in [0.05, 0.1) is 12.0 Å². The minimum atomic E-state index is -4.40. The highest BCUT2D eigenvalue weighted by atomic mass is 19.4. The molecule has 0 aliphatic heterocycles. The van der Waals surface area contributed by atoms with Crippen LogP contribution in [-0.4, -0.2) is 5.91 Å². The van der Waals surface area contributed by atoms with Gasteiger partial charge in [-0.2, -0.15) is 13.2 Å². The number of carbonyl (C=O) groups excluding carboxylic acids is 1. The molecule has 0 aliphatic rings. The topological polar surface area (TPSA) is 29.1 Å². The molecule has 2 aromatic carbocycles. The maximum absolute atomic E-state index is 12.6. The van der Waals surface area contributed by atoms with Crippen LogP contribution < -0.4 is 5.32 Å². The molecule has 22 heavy (non-hydrogen) atoms. The Morgan fingerprint density at radius 1 is 1.05 bits per heavy atom. The molecule has 0 aliphatic carbocycles. The highest BCUT2D eigenvalue weighted by Crippen LogP contribution is 2.29. The fraction of sp³-hybridized carbons (Fsp3) is 0.235. The number of amides is 1.